The van der Waals surface area contributed by atoms with Crippen LogP contribution in [-0.2, 0) is 16.0 Å². The highest BCUT2D eigenvalue weighted by molar-refractivity contribution is 5.83. The summed E-state index contributed by atoms with van der Waals surface area (Å²) in [5.74, 6) is 0.944. The Morgan fingerprint density at radius 1 is 1.07 bits per heavy atom. The van der Waals surface area contributed by atoms with Crippen LogP contribution in [0.2, 0.25) is 0 Å². The van der Waals surface area contributed by atoms with Crippen molar-refractivity contribution in [2.45, 2.75) is 24.9 Å². The Morgan fingerprint density at radius 2 is 1.80 bits per heavy atom. The van der Waals surface area contributed by atoms with Gasteiger partial charge in [-0.05, 0) is 35.7 Å². The fraction of sp³-hybridized carbons (Fsp3) is 0.409. The van der Waals surface area contributed by atoms with Crippen LogP contribution in [0.1, 0.15) is 23.6 Å². The summed E-state index contributed by atoms with van der Waals surface area (Å²) in [5, 5.41) is 0. The zero-order valence-corrected chi connectivity index (χ0v) is 17.1. The van der Waals surface area contributed by atoms with E-state index in [1.165, 1.54) is 0 Å². The van der Waals surface area contributed by atoms with E-state index in [-0.39, 0.29) is 23.9 Å². The van der Waals surface area contributed by atoms with Crippen LogP contribution in [0.15, 0.2) is 48.8 Å². The van der Waals surface area contributed by atoms with Crippen LogP contribution in [0.25, 0.3) is 0 Å². The molecule has 2 N–H and O–H groups in total. The van der Waals surface area contributed by atoms with E-state index in [1.807, 2.05) is 52.4 Å². The Kier molecular flexibility index (Phi) is 6.25. The summed E-state index contributed by atoms with van der Waals surface area (Å²) in [4.78, 5) is 33.4. The Bertz CT molecular complexity index is 866. The monoisotopic (exact) mass is 409 g/mol. The van der Waals surface area contributed by atoms with Crippen LogP contribution in [0.5, 0.6) is 5.75 Å². The number of carbonyl (C=O) groups excluding carboxylic acids is 2. The second kappa shape index (κ2) is 9.23. The maximum atomic E-state index is 12.9. The minimum Gasteiger partial charge on any atom is -0.497 e. The number of pyridine rings is 1. The number of nitrogens with one attached hydrogen (secondary N) is 2. The quantitative estimate of drug-likeness (QED) is 0.764. The number of carbonyl (C=O) groups is 2. The van der Waals surface area contributed by atoms with Crippen molar-refractivity contribution in [1.29, 1.82) is 0 Å². The summed E-state index contributed by atoms with van der Waals surface area (Å²) in [6.07, 6.45) is 4.60. The fourth-order valence-corrected chi connectivity index (χ4v) is 3.95. The Balaban J connectivity index is 1.25. The lowest BCUT2D eigenvalue weighted by molar-refractivity contribution is -0.140. The van der Waals surface area contributed by atoms with Gasteiger partial charge in [0.15, 0.2) is 0 Å². The number of benzene rings is 1. The van der Waals surface area contributed by atoms with Crippen LogP contribution in [0, 0.1) is 0 Å². The third-order valence-corrected chi connectivity index (χ3v) is 5.75. The van der Waals surface area contributed by atoms with Gasteiger partial charge in [-0.25, -0.2) is 10.9 Å². The van der Waals surface area contributed by atoms with Crippen molar-refractivity contribution >= 4 is 11.8 Å². The molecule has 0 radical (unpaired) electrons. The Labute approximate surface area is 176 Å². The maximum Gasteiger partial charge on any atom is 0.241 e. The van der Waals surface area contributed by atoms with Gasteiger partial charge in [0.2, 0.25) is 11.8 Å². The topological polar surface area (TPSA) is 86.8 Å². The number of nitrogens with zero attached hydrogens (tertiary/aromatic N) is 3. The summed E-state index contributed by atoms with van der Waals surface area (Å²) < 4.78 is 5.15. The first-order valence-electron chi connectivity index (χ1n) is 10.2. The van der Waals surface area contributed by atoms with Crippen molar-refractivity contribution in [2.75, 3.05) is 33.3 Å². The van der Waals surface area contributed by atoms with Gasteiger partial charge in [-0.15, -0.1) is 0 Å². The SMILES string of the molecule is COc1ccc(CC(=O)N2CCN(C(=O)C3CC(c4cccnc4)NN3)CC2)cc1. The molecule has 2 fully saturated rings. The van der Waals surface area contributed by atoms with Gasteiger partial charge in [-0.1, -0.05) is 18.2 Å². The van der Waals surface area contributed by atoms with Gasteiger partial charge in [0.25, 0.3) is 0 Å². The average Bonchev–Trinajstić information content (AvgIpc) is 3.30. The predicted molar refractivity (Wildman–Crippen MR) is 112 cm³/mol. The standard InChI is InChI=1S/C22H27N5O3/c1-30-18-6-4-16(5-7-18)13-21(28)26-9-11-27(12-10-26)22(29)20-14-19(24-25-20)17-3-2-8-23-15-17/h2-8,15,19-20,24-25H,9-14H2,1H3. The molecule has 2 aliphatic rings. The van der Waals surface area contributed by atoms with Crippen LogP contribution in [0.3, 0.4) is 0 Å². The summed E-state index contributed by atoms with van der Waals surface area (Å²) in [6, 6.07) is 11.3. The van der Waals surface area contributed by atoms with Gasteiger partial charge in [-0.2, -0.15) is 0 Å². The number of hydrazine groups is 1. The molecule has 0 spiro atoms. The van der Waals surface area contributed by atoms with Gasteiger partial charge in [0, 0.05) is 44.6 Å². The molecule has 2 atom stereocenters. The number of rotatable bonds is 5. The molecule has 8 heteroatoms. The number of methoxy groups -OCH3 is 1. The lowest BCUT2D eigenvalue weighted by atomic mass is 10.0. The average molecular weight is 409 g/mol. The molecule has 1 aromatic heterocycles. The van der Waals surface area contributed by atoms with E-state index in [0.717, 1.165) is 16.9 Å². The molecule has 0 aliphatic carbocycles. The molecule has 3 heterocycles. The summed E-state index contributed by atoms with van der Waals surface area (Å²) in [7, 11) is 1.62. The first kappa shape index (κ1) is 20.3. The molecule has 30 heavy (non-hydrogen) atoms. The van der Waals surface area contributed by atoms with Crippen LogP contribution < -0.4 is 15.6 Å². The molecule has 1 aromatic carbocycles. The molecule has 2 aromatic rings. The molecule has 2 aliphatic heterocycles. The third-order valence-electron chi connectivity index (χ3n) is 5.75. The first-order chi connectivity index (χ1) is 14.6. The summed E-state index contributed by atoms with van der Waals surface area (Å²) in [6.45, 7) is 2.24. The lowest BCUT2D eigenvalue weighted by Crippen LogP contribution is -2.54. The number of ether oxygens (including phenoxy) is 1. The van der Waals surface area contributed by atoms with E-state index < -0.39 is 0 Å². The molecule has 0 saturated carbocycles. The fourth-order valence-electron chi connectivity index (χ4n) is 3.95. The van der Waals surface area contributed by atoms with Crippen LogP contribution >= 0.6 is 0 Å². The molecule has 2 amide bonds. The molecule has 2 saturated heterocycles. The van der Waals surface area contributed by atoms with E-state index in [2.05, 4.69) is 15.8 Å². The molecule has 8 nitrogen and oxygen atoms in total. The van der Waals surface area contributed by atoms with Crippen LogP contribution in [0.4, 0.5) is 0 Å². The molecule has 4 rings (SSSR count). The van der Waals surface area contributed by atoms with Crippen molar-refractivity contribution in [3.8, 4) is 5.75 Å². The number of hydrogen-bond acceptors (Lipinski definition) is 6. The largest absolute Gasteiger partial charge is 0.497 e. The number of aromatic nitrogens is 1. The Morgan fingerprint density at radius 3 is 2.47 bits per heavy atom. The Hall–Kier alpha value is -2.97. The summed E-state index contributed by atoms with van der Waals surface area (Å²) >= 11 is 0. The van der Waals surface area contributed by atoms with E-state index in [4.69, 9.17) is 4.74 Å². The minimum atomic E-state index is -0.267. The third kappa shape index (κ3) is 4.60. The van der Waals surface area contributed by atoms with E-state index >= 15 is 0 Å². The first-order valence-corrected chi connectivity index (χ1v) is 10.2. The molecule has 2 unspecified atom stereocenters. The zero-order chi connectivity index (χ0) is 20.9. The highest BCUT2D eigenvalue weighted by Crippen LogP contribution is 2.22. The molecular formula is C22H27N5O3. The second-order valence-corrected chi connectivity index (χ2v) is 7.65. The van der Waals surface area contributed by atoms with Crippen molar-refractivity contribution in [3.05, 3.63) is 59.9 Å². The highest BCUT2D eigenvalue weighted by Gasteiger charge is 2.34. The molecule has 158 valence electrons. The van der Waals surface area contributed by atoms with E-state index in [0.29, 0.717) is 39.0 Å². The summed E-state index contributed by atoms with van der Waals surface area (Å²) in [5.41, 5.74) is 8.34. The van der Waals surface area contributed by atoms with Gasteiger partial charge >= 0.3 is 0 Å². The van der Waals surface area contributed by atoms with Crippen molar-refractivity contribution in [1.82, 2.24) is 25.6 Å². The zero-order valence-electron chi connectivity index (χ0n) is 17.1. The van der Waals surface area contributed by atoms with E-state index in [9.17, 15) is 9.59 Å². The van der Waals surface area contributed by atoms with E-state index in [1.54, 1.807) is 13.3 Å². The predicted octanol–water partition coefficient (Wildman–Crippen LogP) is 0.911. The van der Waals surface area contributed by atoms with Gasteiger partial charge in [-0.3, -0.25) is 14.6 Å². The smallest absolute Gasteiger partial charge is 0.241 e. The van der Waals surface area contributed by atoms with Crippen molar-refractivity contribution < 1.29 is 14.3 Å². The lowest BCUT2D eigenvalue weighted by Gasteiger charge is -2.36. The highest BCUT2D eigenvalue weighted by atomic mass is 16.5. The minimum absolute atomic E-state index is 0.0695. The van der Waals surface area contributed by atoms with Crippen LogP contribution in [-0.4, -0.2) is 65.9 Å². The number of hydrogen-bond donors (Lipinski definition) is 2. The molecule has 0 bridgehead atoms. The maximum absolute atomic E-state index is 12.9. The number of amides is 2. The van der Waals surface area contributed by atoms with Gasteiger partial charge < -0.3 is 14.5 Å². The van der Waals surface area contributed by atoms with Crippen molar-refractivity contribution in [2.24, 2.45) is 0 Å². The van der Waals surface area contributed by atoms with Gasteiger partial charge in [0.05, 0.1) is 13.5 Å². The van der Waals surface area contributed by atoms with Crippen molar-refractivity contribution in [3.63, 3.8) is 0 Å². The molecular weight excluding hydrogens is 382 g/mol. The number of piperazine rings is 1. The second-order valence-electron chi connectivity index (χ2n) is 7.65. The normalized spacial score (nSPS) is 21.5. The van der Waals surface area contributed by atoms with Gasteiger partial charge in [0.1, 0.15) is 11.8 Å².